The van der Waals surface area contributed by atoms with E-state index in [1.165, 1.54) is 0 Å². The first kappa shape index (κ1) is 10.3. The standard InChI is InChI=1S/C9H13N3O2/c1-14-9-3-2-7(6-12-9)11-5-4-8(10)13/h2-3,6,11H,4-5H2,1H3,(H2,10,13). The number of nitrogens with one attached hydrogen (secondary N) is 1. The van der Waals surface area contributed by atoms with E-state index in [0.29, 0.717) is 18.8 Å². The highest BCUT2D eigenvalue weighted by Crippen LogP contribution is 2.10. The first-order chi connectivity index (χ1) is 6.72. The highest BCUT2D eigenvalue weighted by molar-refractivity contribution is 5.74. The smallest absolute Gasteiger partial charge is 0.219 e. The fourth-order valence-electron chi connectivity index (χ4n) is 0.936. The molecule has 1 rings (SSSR count). The second-order valence-electron chi connectivity index (χ2n) is 2.73. The molecular formula is C9H13N3O2. The van der Waals surface area contributed by atoms with Crippen molar-refractivity contribution in [1.29, 1.82) is 0 Å². The molecular weight excluding hydrogens is 182 g/mol. The minimum Gasteiger partial charge on any atom is -0.481 e. The van der Waals surface area contributed by atoms with E-state index in [2.05, 4.69) is 10.3 Å². The van der Waals surface area contributed by atoms with Gasteiger partial charge in [0.15, 0.2) is 0 Å². The maximum absolute atomic E-state index is 10.4. The summed E-state index contributed by atoms with van der Waals surface area (Å²) in [4.78, 5) is 14.4. The molecule has 0 fully saturated rings. The Kier molecular flexibility index (Phi) is 3.72. The molecule has 1 aromatic heterocycles. The summed E-state index contributed by atoms with van der Waals surface area (Å²) in [7, 11) is 1.56. The highest BCUT2D eigenvalue weighted by Gasteiger charge is 1.96. The third kappa shape index (κ3) is 3.30. The van der Waals surface area contributed by atoms with Crippen LogP contribution < -0.4 is 15.8 Å². The van der Waals surface area contributed by atoms with Gasteiger partial charge in [0, 0.05) is 19.0 Å². The van der Waals surface area contributed by atoms with Crippen LogP contribution in [0, 0.1) is 0 Å². The molecule has 0 saturated heterocycles. The summed E-state index contributed by atoms with van der Waals surface area (Å²) in [5.41, 5.74) is 5.83. The fourth-order valence-corrected chi connectivity index (χ4v) is 0.936. The van der Waals surface area contributed by atoms with Crippen molar-refractivity contribution in [1.82, 2.24) is 4.98 Å². The number of primary amides is 1. The molecule has 0 aromatic carbocycles. The molecule has 5 heteroatoms. The molecule has 0 aliphatic rings. The molecule has 0 bridgehead atoms. The molecule has 0 unspecified atom stereocenters. The van der Waals surface area contributed by atoms with Gasteiger partial charge < -0.3 is 15.8 Å². The molecule has 0 aliphatic carbocycles. The molecule has 76 valence electrons. The predicted molar refractivity (Wildman–Crippen MR) is 53.1 cm³/mol. The van der Waals surface area contributed by atoms with Crippen LogP contribution in [0.2, 0.25) is 0 Å². The monoisotopic (exact) mass is 195 g/mol. The lowest BCUT2D eigenvalue weighted by Crippen LogP contribution is -2.15. The summed E-state index contributed by atoms with van der Waals surface area (Å²) < 4.78 is 4.90. The third-order valence-electron chi connectivity index (χ3n) is 1.65. The zero-order chi connectivity index (χ0) is 10.4. The van der Waals surface area contributed by atoms with Crippen LogP contribution in [0.5, 0.6) is 5.88 Å². The Morgan fingerprint density at radius 1 is 1.64 bits per heavy atom. The van der Waals surface area contributed by atoms with Crippen LogP contribution in [0.25, 0.3) is 0 Å². The average Bonchev–Trinajstić information content (AvgIpc) is 2.18. The molecule has 3 N–H and O–H groups in total. The minimum absolute atomic E-state index is 0.312. The average molecular weight is 195 g/mol. The molecule has 1 aromatic rings. The molecule has 5 nitrogen and oxygen atoms in total. The number of rotatable bonds is 5. The van der Waals surface area contributed by atoms with Crippen LogP contribution in [-0.2, 0) is 4.79 Å². The van der Waals surface area contributed by atoms with E-state index in [1.54, 1.807) is 19.4 Å². The first-order valence-electron chi connectivity index (χ1n) is 4.24. The third-order valence-corrected chi connectivity index (χ3v) is 1.65. The Hall–Kier alpha value is -1.78. The number of carbonyl (C=O) groups excluding carboxylic acids is 1. The lowest BCUT2D eigenvalue weighted by molar-refractivity contribution is -0.117. The van der Waals surface area contributed by atoms with E-state index in [9.17, 15) is 4.79 Å². The summed E-state index contributed by atoms with van der Waals surface area (Å²) in [6, 6.07) is 3.57. The van der Waals surface area contributed by atoms with Crippen LogP contribution in [-0.4, -0.2) is 24.5 Å². The Labute approximate surface area is 82.3 Å². The van der Waals surface area contributed by atoms with Gasteiger partial charge in [-0.25, -0.2) is 4.98 Å². The summed E-state index contributed by atoms with van der Waals surface area (Å²) >= 11 is 0. The number of nitrogens with two attached hydrogens (primary N) is 1. The van der Waals surface area contributed by atoms with E-state index in [1.807, 2.05) is 6.07 Å². The van der Waals surface area contributed by atoms with Crippen molar-refractivity contribution in [3.05, 3.63) is 18.3 Å². The van der Waals surface area contributed by atoms with Gasteiger partial charge >= 0.3 is 0 Å². The van der Waals surface area contributed by atoms with E-state index < -0.39 is 0 Å². The van der Waals surface area contributed by atoms with Crippen LogP contribution in [0.1, 0.15) is 6.42 Å². The Balaban J connectivity index is 2.40. The van der Waals surface area contributed by atoms with Crippen molar-refractivity contribution in [2.45, 2.75) is 6.42 Å². The molecule has 0 spiro atoms. The Bertz CT molecular complexity index is 297. The number of carbonyl (C=O) groups is 1. The van der Waals surface area contributed by atoms with Crippen molar-refractivity contribution in [2.75, 3.05) is 19.0 Å². The number of pyridine rings is 1. The van der Waals surface area contributed by atoms with Crippen LogP contribution >= 0.6 is 0 Å². The Morgan fingerprint density at radius 3 is 2.93 bits per heavy atom. The second kappa shape index (κ2) is 5.06. The normalized spacial score (nSPS) is 9.50. The maximum atomic E-state index is 10.4. The van der Waals surface area contributed by atoms with Gasteiger partial charge in [-0.15, -0.1) is 0 Å². The van der Waals surface area contributed by atoms with Gasteiger partial charge in [-0.3, -0.25) is 4.79 Å². The van der Waals surface area contributed by atoms with Gasteiger partial charge in [0.05, 0.1) is 19.0 Å². The molecule has 1 heterocycles. The summed E-state index contributed by atoms with van der Waals surface area (Å²) in [5, 5.41) is 3.01. The first-order valence-corrected chi connectivity index (χ1v) is 4.24. The van der Waals surface area contributed by atoms with Gasteiger partial charge in [-0.05, 0) is 6.07 Å². The molecule has 0 radical (unpaired) electrons. The number of amides is 1. The predicted octanol–water partition coefficient (Wildman–Crippen LogP) is 0.377. The summed E-state index contributed by atoms with van der Waals surface area (Å²) in [6.07, 6.45) is 1.95. The molecule has 0 atom stereocenters. The summed E-state index contributed by atoms with van der Waals surface area (Å²) in [6.45, 7) is 0.517. The van der Waals surface area contributed by atoms with E-state index in [4.69, 9.17) is 10.5 Å². The fraction of sp³-hybridized carbons (Fsp3) is 0.333. The number of methoxy groups -OCH3 is 1. The lowest BCUT2D eigenvalue weighted by atomic mass is 10.3. The van der Waals surface area contributed by atoms with Gasteiger partial charge in [0.2, 0.25) is 11.8 Å². The largest absolute Gasteiger partial charge is 0.481 e. The van der Waals surface area contributed by atoms with Crippen molar-refractivity contribution in [3.8, 4) is 5.88 Å². The number of hydrogen-bond acceptors (Lipinski definition) is 4. The zero-order valence-electron chi connectivity index (χ0n) is 7.99. The number of anilines is 1. The van der Waals surface area contributed by atoms with Crippen molar-refractivity contribution in [2.24, 2.45) is 5.73 Å². The SMILES string of the molecule is COc1ccc(NCCC(N)=O)cn1. The zero-order valence-corrected chi connectivity index (χ0v) is 7.99. The van der Waals surface area contributed by atoms with Crippen molar-refractivity contribution in [3.63, 3.8) is 0 Å². The quantitative estimate of drug-likeness (QED) is 0.712. The van der Waals surface area contributed by atoms with E-state index in [0.717, 1.165) is 5.69 Å². The van der Waals surface area contributed by atoms with Crippen LogP contribution in [0.3, 0.4) is 0 Å². The topological polar surface area (TPSA) is 77.2 Å². The Morgan fingerprint density at radius 2 is 2.43 bits per heavy atom. The van der Waals surface area contributed by atoms with E-state index >= 15 is 0 Å². The van der Waals surface area contributed by atoms with E-state index in [-0.39, 0.29) is 5.91 Å². The van der Waals surface area contributed by atoms with Gasteiger partial charge in [0.1, 0.15) is 0 Å². The summed E-state index contributed by atoms with van der Waals surface area (Å²) in [5.74, 6) is 0.240. The second-order valence-corrected chi connectivity index (χ2v) is 2.73. The van der Waals surface area contributed by atoms with Gasteiger partial charge in [-0.2, -0.15) is 0 Å². The van der Waals surface area contributed by atoms with Crippen molar-refractivity contribution >= 4 is 11.6 Å². The molecule has 1 amide bonds. The number of ether oxygens (including phenoxy) is 1. The van der Waals surface area contributed by atoms with Gasteiger partial charge in [-0.1, -0.05) is 0 Å². The molecule has 0 aliphatic heterocycles. The lowest BCUT2D eigenvalue weighted by Gasteiger charge is -2.04. The van der Waals surface area contributed by atoms with Crippen molar-refractivity contribution < 1.29 is 9.53 Å². The minimum atomic E-state index is -0.320. The maximum Gasteiger partial charge on any atom is 0.219 e. The molecule has 0 saturated carbocycles. The number of nitrogens with zero attached hydrogens (tertiary/aromatic N) is 1. The number of hydrogen-bond donors (Lipinski definition) is 2. The van der Waals surface area contributed by atoms with Gasteiger partial charge in [0.25, 0.3) is 0 Å². The number of aromatic nitrogens is 1. The van der Waals surface area contributed by atoms with Crippen LogP contribution in [0.15, 0.2) is 18.3 Å². The highest BCUT2D eigenvalue weighted by atomic mass is 16.5. The molecule has 14 heavy (non-hydrogen) atoms. The van der Waals surface area contributed by atoms with Crippen LogP contribution in [0.4, 0.5) is 5.69 Å².